The molecule has 0 fully saturated rings. The second-order valence-corrected chi connectivity index (χ2v) is 6.83. The molecule has 0 aliphatic carbocycles. The number of aryl methyl sites for hydroxylation is 1. The first-order valence-electron chi connectivity index (χ1n) is 5.92. The lowest BCUT2D eigenvalue weighted by atomic mass is 10.1. The minimum atomic E-state index is -3.88. The van der Waals surface area contributed by atoms with E-state index in [9.17, 15) is 13.2 Å². The van der Waals surface area contributed by atoms with Crippen molar-refractivity contribution in [2.75, 3.05) is 4.72 Å². The monoisotopic (exact) mass is 369 g/mol. The van der Waals surface area contributed by atoms with Gasteiger partial charge >= 0.3 is 5.97 Å². The summed E-state index contributed by atoms with van der Waals surface area (Å²) < 4.78 is 27.6. The van der Waals surface area contributed by atoms with Crippen LogP contribution in [0, 0.1) is 6.92 Å². The Hall–Kier alpha value is -1.86. The zero-order valence-electron chi connectivity index (χ0n) is 11.0. The molecule has 0 aromatic heterocycles. The highest BCUT2D eigenvalue weighted by Gasteiger charge is 2.21. The molecule has 2 aromatic carbocycles. The third kappa shape index (κ3) is 3.43. The average Bonchev–Trinajstić information content (AvgIpc) is 2.41. The first-order chi connectivity index (χ1) is 9.81. The summed E-state index contributed by atoms with van der Waals surface area (Å²) in [5.41, 5.74) is 0.857. The highest BCUT2D eigenvalue weighted by Crippen LogP contribution is 2.28. The molecule has 0 bridgehead atoms. The van der Waals surface area contributed by atoms with Crippen LogP contribution in [0.3, 0.4) is 0 Å². The molecule has 0 aliphatic rings. The smallest absolute Gasteiger partial charge is 0.335 e. The number of carboxylic acids is 1. The summed E-state index contributed by atoms with van der Waals surface area (Å²) in [5, 5.41) is 9.05. The maximum Gasteiger partial charge on any atom is 0.335 e. The highest BCUT2D eigenvalue weighted by atomic mass is 79.9. The van der Waals surface area contributed by atoms with Crippen LogP contribution < -0.4 is 4.72 Å². The Bertz CT molecular complexity index is 788. The van der Waals surface area contributed by atoms with E-state index in [2.05, 4.69) is 20.7 Å². The Morgan fingerprint density at radius 3 is 2.38 bits per heavy atom. The van der Waals surface area contributed by atoms with E-state index in [0.717, 1.165) is 6.07 Å². The number of anilines is 1. The number of benzene rings is 2. The third-order valence-electron chi connectivity index (χ3n) is 2.78. The summed E-state index contributed by atoms with van der Waals surface area (Å²) in [6.07, 6.45) is 0. The van der Waals surface area contributed by atoms with Gasteiger partial charge in [0.05, 0.1) is 5.56 Å². The second kappa shape index (κ2) is 5.87. The molecule has 2 aromatic rings. The van der Waals surface area contributed by atoms with Crippen molar-refractivity contribution >= 4 is 37.6 Å². The van der Waals surface area contributed by atoms with E-state index in [1.807, 2.05) is 0 Å². The lowest BCUT2D eigenvalue weighted by molar-refractivity contribution is 0.0696. The number of sulfonamides is 1. The Morgan fingerprint density at radius 2 is 1.81 bits per heavy atom. The Balaban J connectivity index is 2.52. The molecule has 0 unspecified atom stereocenters. The maximum atomic E-state index is 12.4. The molecule has 0 saturated carbocycles. The van der Waals surface area contributed by atoms with Gasteiger partial charge < -0.3 is 5.11 Å². The highest BCUT2D eigenvalue weighted by molar-refractivity contribution is 9.10. The molecule has 2 N–H and O–H groups in total. The van der Waals surface area contributed by atoms with Gasteiger partial charge in [0.2, 0.25) is 0 Å². The molecule has 0 radical (unpaired) electrons. The zero-order chi connectivity index (χ0) is 15.6. The van der Waals surface area contributed by atoms with Crippen molar-refractivity contribution < 1.29 is 18.3 Å². The maximum absolute atomic E-state index is 12.4. The fourth-order valence-corrected chi connectivity index (χ4v) is 3.88. The summed E-state index contributed by atoms with van der Waals surface area (Å²) in [5.74, 6) is -1.18. The van der Waals surface area contributed by atoms with Gasteiger partial charge in [0.25, 0.3) is 10.0 Å². The number of carbonyl (C=O) groups is 1. The number of rotatable bonds is 4. The average molecular weight is 370 g/mol. The quantitative estimate of drug-likeness (QED) is 0.866. The molecular weight excluding hydrogens is 358 g/mol. The van der Waals surface area contributed by atoms with Crippen molar-refractivity contribution in [2.24, 2.45) is 0 Å². The van der Waals surface area contributed by atoms with E-state index >= 15 is 0 Å². The first kappa shape index (κ1) is 15.5. The van der Waals surface area contributed by atoms with Gasteiger partial charge in [-0.25, -0.2) is 13.2 Å². The molecule has 21 heavy (non-hydrogen) atoms. The van der Waals surface area contributed by atoms with Gasteiger partial charge in [-0.1, -0.05) is 18.2 Å². The molecule has 7 heteroatoms. The van der Waals surface area contributed by atoms with Crippen LogP contribution in [-0.2, 0) is 10.0 Å². The summed E-state index contributed by atoms with van der Waals surface area (Å²) in [4.78, 5) is 11.0. The summed E-state index contributed by atoms with van der Waals surface area (Å²) in [7, 11) is -3.88. The van der Waals surface area contributed by atoms with E-state index in [1.54, 1.807) is 37.3 Å². The van der Waals surface area contributed by atoms with Crippen molar-refractivity contribution in [1.29, 1.82) is 0 Å². The summed E-state index contributed by atoms with van der Waals surface area (Å²) >= 11 is 3.20. The van der Waals surface area contributed by atoms with Crippen molar-refractivity contribution in [2.45, 2.75) is 11.8 Å². The number of nitrogens with one attached hydrogen (secondary N) is 1. The Morgan fingerprint density at radius 1 is 1.19 bits per heavy atom. The SMILES string of the molecule is Cc1cc(C(=O)O)cc(S(=O)(=O)Nc2ccccc2)c1Br. The standard InChI is InChI=1S/C14H12BrNO4S/c1-9-7-10(14(17)18)8-12(13(9)15)21(19,20)16-11-5-3-2-4-6-11/h2-8,16H,1H3,(H,17,18). The number of aromatic carboxylic acids is 1. The van der Waals surface area contributed by atoms with Crippen molar-refractivity contribution in [3.63, 3.8) is 0 Å². The van der Waals surface area contributed by atoms with Crippen LogP contribution in [0.4, 0.5) is 5.69 Å². The van der Waals surface area contributed by atoms with Crippen LogP contribution in [0.5, 0.6) is 0 Å². The number of hydrogen-bond donors (Lipinski definition) is 2. The van der Waals surface area contributed by atoms with Crippen LogP contribution in [0.15, 0.2) is 51.8 Å². The Labute approximate surface area is 130 Å². The summed E-state index contributed by atoms with van der Waals surface area (Å²) in [6.45, 7) is 1.64. The fraction of sp³-hybridized carbons (Fsp3) is 0.0714. The number of halogens is 1. The number of para-hydroxylation sites is 1. The van der Waals surface area contributed by atoms with Crippen LogP contribution in [0.25, 0.3) is 0 Å². The molecule has 0 saturated heterocycles. The van der Waals surface area contributed by atoms with Crippen molar-refractivity contribution in [3.8, 4) is 0 Å². The first-order valence-corrected chi connectivity index (χ1v) is 8.20. The van der Waals surface area contributed by atoms with Gasteiger partial charge in [-0.05, 0) is 52.7 Å². The van der Waals surface area contributed by atoms with Gasteiger partial charge in [-0.15, -0.1) is 0 Å². The minimum absolute atomic E-state index is 0.0795. The van der Waals surface area contributed by atoms with Gasteiger partial charge in [-0.3, -0.25) is 4.72 Å². The zero-order valence-corrected chi connectivity index (χ0v) is 13.4. The molecule has 0 spiro atoms. The molecule has 0 atom stereocenters. The molecule has 0 heterocycles. The van der Waals surface area contributed by atoms with Crippen LogP contribution >= 0.6 is 15.9 Å². The van der Waals surface area contributed by atoms with E-state index < -0.39 is 16.0 Å². The Kier molecular flexibility index (Phi) is 4.34. The van der Waals surface area contributed by atoms with Crippen molar-refractivity contribution in [1.82, 2.24) is 0 Å². The van der Waals surface area contributed by atoms with E-state index in [-0.39, 0.29) is 10.5 Å². The minimum Gasteiger partial charge on any atom is -0.478 e. The molecule has 0 aliphatic heterocycles. The predicted molar refractivity (Wildman–Crippen MR) is 83.1 cm³/mol. The van der Waals surface area contributed by atoms with E-state index in [4.69, 9.17) is 5.11 Å². The van der Waals surface area contributed by atoms with Gasteiger partial charge in [0.1, 0.15) is 4.90 Å². The lowest BCUT2D eigenvalue weighted by Gasteiger charge is -2.12. The summed E-state index contributed by atoms with van der Waals surface area (Å²) in [6, 6.07) is 10.9. The van der Waals surface area contributed by atoms with Crippen LogP contribution in [-0.4, -0.2) is 19.5 Å². The number of carboxylic acid groups (broad SMARTS) is 1. The molecule has 5 nitrogen and oxygen atoms in total. The fourth-order valence-electron chi connectivity index (χ4n) is 1.77. The third-order valence-corrected chi connectivity index (χ3v) is 5.50. The van der Waals surface area contributed by atoms with Crippen molar-refractivity contribution in [3.05, 3.63) is 58.1 Å². The topological polar surface area (TPSA) is 83.5 Å². The largest absolute Gasteiger partial charge is 0.478 e. The predicted octanol–water partition coefficient (Wildman–Crippen LogP) is 3.26. The molecular formula is C14H12BrNO4S. The molecule has 0 amide bonds. The lowest BCUT2D eigenvalue weighted by Crippen LogP contribution is -2.15. The number of hydrogen-bond acceptors (Lipinski definition) is 3. The van der Waals surface area contributed by atoms with Gasteiger partial charge in [0.15, 0.2) is 0 Å². The van der Waals surface area contributed by atoms with Gasteiger partial charge in [-0.2, -0.15) is 0 Å². The molecule has 110 valence electrons. The van der Waals surface area contributed by atoms with E-state index in [1.165, 1.54) is 6.07 Å². The van der Waals surface area contributed by atoms with Gasteiger partial charge in [0, 0.05) is 10.2 Å². The molecule has 2 rings (SSSR count). The second-order valence-electron chi connectivity index (χ2n) is 4.38. The van der Waals surface area contributed by atoms with Crippen LogP contribution in [0.2, 0.25) is 0 Å². The normalized spacial score (nSPS) is 11.1. The van der Waals surface area contributed by atoms with E-state index in [0.29, 0.717) is 15.7 Å². The van der Waals surface area contributed by atoms with Crippen LogP contribution in [0.1, 0.15) is 15.9 Å².